The van der Waals surface area contributed by atoms with Gasteiger partial charge in [0.1, 0.15) is 6.54 Å². The highest BCUT2D eigenvalue weighted by molar-refractivity contribution is 8.00. The Kier molecular flexibility index (Phi) is 5.79. The van der Waals surface area contributed by atoms with E-state index >= 15 is 0 Å². The number of nitrogens with zero attached hydrogens (tertiary/aromatic N) is 2. The molecule has 0 saturated carbocycles. The summed E-state index contributed by atoms with van der Waals surface area (Å²) >= 11 is 1.55. The fourth-order valence-electron chi connectivity index (χ4n) is 3.38. The second kappa shape index (κ2) is 8.03. The molecule has 24 heavy (non-hydrogen) atoms. The first-order valence-electron chi connectivity index (χ1n) is 8.63. The Morgan fingerprint density at radius 1 is 1.29 bits per heavy atom. The monoisotopic (exact) mass is 347 g/mol. The maximum atomic E-state index is 12.7. The highest BCUT2D eigenvalue weighted by Gasteiger charge is 2.29. The number of fused-ring (bicyclic) bond motifs is 1. The molecule has 0 spiro atoms. The molecule has 1 saturated heterocycles. The fraction of sp³-hybridized carbons (Fsp3) is 0.556. The third-order valence-electron chi connectivity index (χ3n) is 4.87. The summed E-state index contributed by atoms with van der Waals surface area (Å²) in [7, 11) is 1.98. The lowest BCUT2D eigenvalue weighted by Crippen LogP contribution is -2.47. The SMILES string of the molecule is CNCCC1CCN(C(=O)CN2C(=O)CSc3ccccc32)CC1. The molecular weight excluding hydrogens is 322 g/mol. The van der Waals surface area contributed by atoms with E-state index in [2.05, 4.69) is 5.32 Å². The maximum Gasteiger partial charge on any atom is 0.242 e. The molecule has 2 aliphatic heterocycles. The Morgan fingerprint density at radius 2 is 2.04 bits per heavy atom. The van der Waals surface area contributed by atoms with Crippen LogP contribution in [-0.4, -0.2) is 55.7 Å². The quantitative estimate of drug-likeness (QED) is 0.885. The van der Waals surface area contributed by atoms with Crippen molar-refractivity contribution in [3.8, 4) is 0 Å². The molecular formula is C18H25N3O2S. The van der Waals surface area contributed by atoms with E-state index in [1.54, 1.807) is 16.7 Å². The lowest BCUT2D eigenvalue weighted by Gasteiger charge is -2.35. The fourth-order valence-corrected chi connectivity index (χ4v) is 4.32. The van der Waals surface area contributed by atoms with Crippen molar-refractivity contribution in [3.63, 3.8) is 0 Å². The predicted molar refractivity (Wildman–Crippen MR) is 97.4 cm³/mol. The molecule has 2 amide bonds. The van der Waals surface area contributed by atoms with Crippen LogP contribution in [0, 0.1) is 5.92 Å². The van der Waals surface area contributed by atoms with Crippen LogP contribution in [0.25, 0.3) is 0 Å². The summed E-state index contributed by atoms with van der Waals surface area (Å²) in [6.45, 7) is 2.82. The van der Waals surface area contributed by atoms with Gasteiger partial charge >= 0.3 is 0 Å². The molecule has 0 bridgehead atoms. The van der Waals surface area contributed by atoms with Crippen LogP contribution in [0.5, 0.6) is 0 Å². The molecule has 0 aromatic heterocycles. The van der Waals surface area contributed by atoms with Gasteiger partial charge in [-0.2, -0.15) is 0 Å². The summed E-state index contributed by atoms with van der Waals surface area (Å²) < 4.78 is 0. The minimum Gasteiger partial charge on any atom is -0.341 e. The first-order chi connectivity index (χ1) is 11.7. The number of rotatable bonds is 5. The van der Waals surface area contributed by atoms with Crippen LogP contribution in [0.3, 0.4) is 0 Å². The summed E-state index contributed by atoms with van der Waals surface area (Å²) in [5, 5.41) is 3.19. The molecule has 130 valence electrons. The first-order valence-corrected chi connectivity index (χ1v) is 9.62. The van der Waals surface area contributed by atoms with E-state index in [4.69, 9.17) is 0 Å². The van der Waals surface area contributed by atoms with Crippen molar-refractivity contribution in [2.75, 3.05) is 43.9 Å². The molecule has 1 fully saturated rings. The molecule has 6 heteroatoms. The van der Waals surface area contributed by atoms with Crippen molar-refractivity contribution in [3.05, 3.63) is 24.3 Å². The molecule has 2 heterocycles. The number of piperidine rings is 1. The van der Waals surface area contributed by atoms with E-state index in [-0.39, 0.29) is 18.4 Å². The molecule has 1 aromatic carbocycles. The van der Waals surface area contributed by atoms with Gasteiger partial charge < -0.3 is 15.1 Å². The van der Waals surface area contributed by atoms with Gasteiger partial charge in [-0.1, -0.05) is 12.1 Å². The van der Waals surface area contributed by atoms with Crippen LogP contribution < -0.4 is 10.2 Å². The lowest BCUT2D eigenvalue weighted by molar-refractivity contribution is -0.132. The smallest absolute Gasteiger partial charge is 0.242 e. The summed E-state index contributed by atoms with van der Waals surface area (Å²) in [5.41, 5.74) is 0.871. The number of benzene rings is 1. The van der Waals surface area contributed by atoms with Crippen molar-refractivity contribution >= 4 is 29.3 Å². The Bertz CT molecular complexity index is 600. The highest BCUT2D eigenvalue weighted by Crippen LogP contribution is 2.34. The third-order valence-corrected chi connectivity index (χ3v) is 5.92. The van der Waals surface area contributed by atoms with E-state index < -0.39 is 0 Å². The van der Waals surface area contributed by atoms with Crippen LogP contribution in [0.2, 0.25) is 0 Å². The van der Waals surface area contributed by atoms with E-state index in [0.717, 1.165) is 43.1 Å². The molecule has 1 aromatic rings. The second-order valence-electron chi connectivity index (χ2n) is 6.45. The molecule has 3 rings (SSSR count). The number of carbonyl (C=O) groups is 2. The van der Waals surface area contributed by atoms with Crippen LogP contribution in [0.1, 0.15) is 19.3 Å². The van der Waals surface area contributed by atoms with Crippen LogP contribution in [0.4, 0.5) is 5.69 Å². The van der Waals surface area contributed by atoms with Gasteiger partial charge in [0.2, 0.25) is 11.8 Å². The number of anilines is 1. The number of hydrogen-bond donors (Lipinski definition) is 1. The Labute approximate surface area is 147 Å². The summed E-state index contributed by atoms with van der Waals surface area (Å²) in [6, 6.07) is 7.83. The summed E-state index contributed by atoms with van der Waals surface area (Å²) in [4.78, 5) is 29.6. The van der Waals surface area contributed by atoms with Crippen molar-refractivity contribution in [2.24, 2.45) is 5.92 Å². The van der Waals surface area contributed by atoms with Crippen molar-refractivity contribution in [2.45, 2.75) is 24.2 Å². The number of para-hydroxylation sites is 1. The zero-order valence-corrected chi connectivity index (χ0v) is 15.0. The minimum absolute atomic E-state index is 0.0240. The van der Waals surface area contributed by atoms with Gasteiger partial charge in [-0.3, -0.25) is 9.59 Å². The molecule has 5 nitrogen and oxygen atoms in total. The molecule has 2 aliphatic rings. The van der Waals surface area contributed by atoms with Gasteiger partial charge in [0, 0.05) is 18.0 Å². The van der Waals surface area contributed by atoms with Gasteiger partial charge in [0.15, 0.2) is 0 Å². The van der Waals surface area contributed by atoms with Gasteiger partial charge in [-0.25, -0.2) is 0 Å². The van der Waals surface area contributed by atoms with E-state index in [1.807, 2.05) is 36.2 Å². The second-order valence-corrected chi connectivity index (χ2v) is 7.47. The van der Waals surface area contributed by atoms with Crippen LogP contribution >= 0.6 is 11.8 Å². The van der Waals surface area contributed by atoms with E-state index in [0.29, 0.717) is 11.7 Å². The van der Waals surface area contributed by atoms with Gasteiger partial charge in [0.25, 0.3) is 0 Å². The Hall–Kier alpha value is -1.53. The Balaban J connectivity index is 1.58. The van der Waals surface area contributed by atoms with E-state index in [9.17, 15) is 9.59 Å². The number of amides is 2. The Morgan fingerprint density at radius 3 is 2.79 bits per heavy atom. The standard InChI is InChI=1S/C18H25N3O2S/c1-19-9-6-14-7-10-20(11-8-14)17(22)12-21-15-4-2-3-5-16(15)24-13-18(21)23/h2-5,14,19H,6-13H2,1H3. The average Bonchev–Trinajstić information content (AvgIpc) is 2.62. The number of likely N-dealkylation sites (tertiary alicyclic amines) is 1. The molecule has 0 atom stereocenters. The first kappa shape index (κ1) is 17.3. The molecule has 0 radical (unpaired) electrons. The molecule has 0 unspecified atom stereocenters. The number of thioether (sulfide) groups is 1. The van der Waals surface area contributed by atoms with Gasteiger partial charge in [0.05, 0.1) is 11.4 Å². The van der Waals surface area contributed by atoms with Gasteiger partial charge in [-0.05, 0) is 50.9 Å². The van der Waals surface area contributed by atoms with E-state index in [1.165, 1.54) is 6.42 Å². The number of carbonyl (C=O) groups excluding carboxylic acids is 2. The van der Waals surface area contributed by atoms with Crippen molar-refractivity contribution < 1.29 is 9.59 Å². The number of nitrogens with one attached hydrogen (secondary N) is 1. The largest absolute Gasteiger partial charge is 0.341 e. The van der Waals surface area contributed by atoms with Crippen LogP contribution in [0.15, 0.2) is 29.2 Å². The minimum atomic E-state index is 0.0240. The number of hydrogen-bond acceptors (Lipinski definition) is 4. The van der Waals surface area contributed by atoms with Gasteiger partial charge in [-0.15, -0.1) is 11.8 Å². The van der Waals surface area contributed by atoms with Crippen molar-refractivity contribution in [1.82, 2.24) is 10.2 Å². The average molecular weight is 347 g/mol. The molecule has 1 N–H and O–H groups in total. The summed E-state index contributed by atoms with van der Waals surface area (Å²) in [5.74, 6) is 1.21. The lowest BCUT2D eigenvalue weighted by atomic mass is 9.93. The molecule has 0 aliphatic carbocycles. The van der Waals surface area contributed by atoms with Crippen molar-refractivity contribution in [1.29, 1.82) is 0 Å². The maximum absolute atomic E-state index is 12.7. The zero-order chi connectivity index (χ0) is 16.9. The normalized spacial score (nSPS) is 18.6. The highest BCUT2D eigenvalue weighted by atomic mass is 32.2. The van der Waals surface area contributed by atoms with Crippen LogP contribution in [-0.2, 0) is 9.59 Å². The zero-order valence-electron chi connectivity index (χ0n) is 14.2. The predicted octanol–water partition coefficient (Wildman–Crippen LogP) is 1.97. The summed E-state index contributed by atoms with van der Waals surface area (Å²) in [6.07, 6.45) is 3.30. The topological polar surface area (TPSA) is 52.7 Å². The third kappa shape index (κ3) is 3.92.